The van der Waals surface area contributed by atoms with E-state index in [1.54, 1.807) is 18.3 Å². The Kier molecular flexibility index (Phi) is 8.35. The van der Waals surface area contributed by atoms with E-state index in [1.165, 1.54) is 30.6 Å². The normalized spacial score (nSPS) is 11.1. The molecule has 0 saturated heterocycles. The lowest BCUT2D eigenvalue weighted by atomic mass is 10.2. The Morgan fingerprint density at radius 3 is 2.83 bits per heavy atom. The summed E-state index contributed by atoms with van der Waals surface area (Å²) in [4.78, 5) is 4.54. The number of nitrogens with one attached hydrogen (secondary N) is 1. The number of hydrogen-bond donors (Lipinski definition) is 1. The maximum absolute atomic E-state index is 6.26. The summed E-state index contributed by atoms with van der Waals surface area (Å²) in [7, 11) is 0. The number of rotatable bonds is 10. The van der Waals surface area contributed by atoms with Crippen LogP contribution >= 0.6 is 34.5 Å². The molecule has 7 heteroatoms. The van der Waals surface area contributed by atoms with Crippen LogP contribution in [-0.2, 0) is 0 Å². The van der Waals surface area contributed by atoms with Gasteiger partial charge in [0.25, 0.3) is 0 Å². The van der Waals surface area contributed by atoms with Crippen LogP contribution in [-0.4, -0.2) is 17.8 Å². The third-order valence-corrected chi connectivity index (χ3v) is 5.54. The highest BCUT2D eigenvalue weighted by atomic mass is 35.5. The summed E-state index contributed by atoms with van der Waals surface area (Å²) in [5, 5.41) is 8.10. The molecule has 0 radical (unpaired) electrons. The van der Waals surface area contributed by atoms with Gasteiger partial charge in [-0.25, -0.2) is 4.98 Å². The molecule has 2 aromatic carbocycles. The van der Waals surface area contributed by atoms with Crippen LogP contribution in [0.25, 0.3) is 11.3 Å². The maximum atomic E-state index is 6.26. The van der Waals surface area contributed by atoms with E-state index >= 15 is 0 Å². The number of unbranched alkanes of at least 4 members (excludes halogenated alkanes) is 3. The molecule has 0 saturated carbocycles. The Balaban J connectivity index is 1.60. The van der Waals surface area contributed by atoms with Gasteiger partial charge in [0.1, 0.15) is 5.75 Å². The van der Waals surface area contributed by atoms with Gasteiger partial charge in [-0.05, 0) is 36.8 Å². The van der Waals surface area contributed by atoms with Gasteiger partial charge in [0.15, 0.2) is 0 Å². The summed E-state index contributed by atoms with van der Waals surface area (Å²) >= 11 is 13.7. The molecule has 1 heterocycles. The largest absolute Gasteiger partial charge is 0.493 e. The Bertz CT molecular complexity index is 959. The summed E-state index contributed by atoms with van der Waals surface area (Å²) in [6, 6.07) is 13.2. The van der Waals surface area contributed by atoms with E-state index in [2.05, 4.69) is 22.4 Å². The van der Waals surface area contributed by atoms with Crippen molar-refractivity contribution in [2.75, 3.05) is 12.0 Å². The first-order valence-electron chi connectivity index (χ1n) is 9.59. The quantitative estimate of drug-likeness (QED) is 0.198. The van der Waals surface area contributed by atoms with Crippen molar-refractivity contribution in [2.24, 2.45) is 5.10 Å². The van der Waals surface area contributed by atoms with Gasteiger partial charge in [-0.1, -0.05) is 61.5 Å². The molecule has 0 aliphatic carbocycles. The zero-order chi connectivity index (χ0) is 20.5. The number of hydrazone groups is 1. The number of ether oxygens (including phenoxy) is 1. The fraction of sp³-hybridized carbons (Fsp3) is 0.273. The molecule has 152 valence electrons. The van der Waals surface area contributed by atoms with Crippen LogP contribution in [0.4, 0.5) is 5.13 Å². The highest BCUT2D eigenvalue weighted by molar-refractivity contribution is 7.14. The highest BCUT2D eigenvalue weighted by Gasteiger charge is 2.08. The standard InChI is InChI=1S/C22H23Cl2N3OS/c1-2-3-4-7-12-28-21-9-6-5-8-16(21)14-25-27-22-26-20(15-29-22)18-11-10-17(23)13-19(18)24/h5-6,8-11,13-15H,2-4,7,12H2,1H3,(H,26,27)/b25-14-. The molecule has 0 unspecified atom stereocenters. The van der Waals surface area contributed by atoms with Crippen LogP contribution in [0, 0.1) is 0 Å². The van der Waals surface area contributed by atoms with Crippen molar-refractivity contribution in [2.45, 2.75) is 32.6 Å². The molecule has 0 aliphatic rings. The Hall–Kier alpha value is -2.08. The fourth-order valence-electron chi connectivity index (χ4n) is 2.73. The zero-order valence-corrected chi connectivity index (χ0v) is 18.5. The van der Waals surface area contributed by atoms with E-state index in [0.717, 1.165) is 35.6 Å². The molecule has 0 spiro atoms. The Labute approximate surface area is 185 Å². The fourth-order valence-corrected chi connectivity index (χ4v) is 3.90. The molecular formula is C22H23Cl2N3OS. The number of aromatic nitrogens is 1. The minimum absolute atomic E-state index is 0.572. The van der Waals surface area contributed by atoms with Crippen LogP contribution in [0.1, 0.15) is 38.2 Å². The number of para-hydroxylation sites is 1. The van der Waals surface area contributed by atoms with Crippen molar-refractivity contribution in [3.05, 3.63) is 63.5 Å². The lowest BCUT2D eigenvalue weighted by Gasteiger charge is -2.08. The van der Waals surface area contributed by atoms with Gasteiger partial charge in [-0.3, -0.25) is 5.43 Å². The van der Waals surface area contributed by atoms with Gasteiger partial charge in [0.2, 0.25) is 5.13 Å². The van der Waals surface area contributed by atoms with E-state index < -0.39 is 0 Å². The van der Waals surface area contributed by atoms with Crippen molar-refractivity contribution in [1.82, 2.24) is 4.98 Å². The van der Waals surface area contributed by atoms with E-state index in [1.807, 2.05) is 35.7 Å². The second-order valence-electron chi connectivity index (χ2n) is 6.48. The van der Waals surface area contributed by atoms with E-state index in [-0.39, 0.29) is 0 Å². The minimum Gasteiger partial charge on any atom is -0.493 e. The van der Waals surface area contributed by atoms with Crippen molar-refractivity contribution < 1.29 is 4.74 Å². The van der Waals surface area contributed by atoms with Gasteiger partial charge in [0.05, 0.1) is 23.5 Å². The summed E-state index contributed by atoms with van der Waals surface area (Å²) in [5.41, 5.74) is 5.52. The molecule has 0 fully saturated rings. The maximum Gasteiger partial charge on any atom is 0.203 e. The molecular weight excluding hydrogens is 425 g/mol. The summed E-state index contributed by atoms with van der Waals surface area (Å²) in [6.45, 7) is 2.92. The molecule has 0 aliphatic heterocycles. The molecule has 0 bridgehead atoms. The molecule has 4 nitrogen and oxygen atoms in total. The molecule has 0 atom stereocenters. The van der Waals surface area contributed by atoms with E-state index in [0.29, 0.717) is 15.2 Å². The van der Waals surface area contributed by atoms with Gasteiger partial charge in [-0.15, -0.1) is 11.3 Å². The third-order valence-electron chi connectivity index (χ3n) is 4.25. The number of thiazole rings is 1. The smallest absolute Gasteiger partial charge is 0.203 e. The molecule has 3 aromatic rings. The average Bonchev–Trinajstić information content (AvgIpc) is 3.17. The second-order valence-corrected chi connectivity index (χ2v) is 8.18. The minimum atomic E-state index is 0.572. The number of anilines is 1. The molecule has 1 aromatic heterocycles. The summed E-state index contributed by atoms with van der Waals surface area (Å²) < 4.78 is 5.91. The van der Waals surface area contributed by atoms with Gasteiger partial charge >= 0.3 is 0 Å². The Morgan fingerprint density at radius 2 is 2.00 bits per heavy atom. The number of hydrogen-bond acceptors (Lipinski definition) is 5. The van der Waals surface area contributed by atoms with Crippen LogP contribution in [0.2, 0.25) is 10.0 Å². The summed E-state index contributed by atoms with van der Waals surface area (Å²) in [5.74, 6) is 0.835. The average molecular weight is 448 g/mol. The number of nitrogens with zero attached hydrogens (tertiary/aromatic N) is 2. The van der Waals surface area contributed by atoms with Crippen LogP contribution in [0.15, 0.2) is 52.9 Å². The van der Waals surface area contributed by atoms with Crippen LogP contribution in [0.3, 0.4) is 0 Å². The number of halogens is 2. The first-order valence-corrected chi connectivity index (χ1v) is 11.2. The molecule has 29 heavy (non-hydrogen) atoms. The van der Waals surface area contributed by atoms with Crippen LogP contribution in [0.5, 0.6) is 5.75 Å². The van der Waals surface area contributed by atoms with Crippen molar-refractivity contribution in [1.29, 1.82) is 0 Å². The lowest BCUT2D eigenvalue weighted by Crippen LogP contribution is -2.00. The topological polar surface area (TPSA) is 46.5 Å². The summed E-state index contributed by atoms with van der Waals surface area (Å²) in [6.07, 6.45) is 6.47. The first kappa shape index (κ1) is 21.6. The highest BCUT2D eigenvalue weighted by Crippen LogP contribution is 2.32. The van der Waals surface area contributed by atoms with E-state index in [4.69, 9.17) is 27.9 Å². The lowest BCUT2D eigenvalue weighted by molar-refractivity contribution is 0.304. The third kappa shape index (κ3) is 6.46. The van der Waals surface area contributed by atoms with E-state index in [9.17, 15) is 0 Å². The molecule has 0 amide bonds. The number of benzene rings is 2. The van der Waals surface area contributed by atoms with Crippen molar-refractivity contribution in [3.8, 4) is 17.0 Å². The van der Waals surface area contributed by atoms with Crippen molar-refractivity contribution in [3.63, 3.8) is 0 Å². The first-order chi connectivity index (χ1) is 14.2. The van der Waals surface area contributed by atoms with Crippen LogP contribution < -0.4 is 10.2 Å². The predicted octanol–water partition coefficient (Wildman–Crippen LogP) is 7.52. The predicted molar refractivity (Wildman–Crippen MR) is 125 cm³/mol. The van der Waals surface area contributed by atoms with Crippen molar-refractivity contribution >= 4 is 45.9 Å². The second kappa shape index (κ2) is 11.2. The van der Waals surface area contributed by atoms with Gasteiger partial charge < -0.3 is 4.74 Å². The molecule has 1 N–H and O–H groups in total. The van der Waals surface area contributed by atoms with Gasteiger partial charge in [0, 0.05) is 21.5 Å². The SMILES string of the molecule is CCCCCCOc1ccccc1/C=N\Nc1nc(-c2ccc(Cl)cc2Cl)cs1. The molecule has 3 rings (SSSR count). The Morgan fingerprint density at radius 1 is 1.14 bits per heavy atom. The zero-order valence-electron chi connectivity index (χ0n) is 16.2. The van der Waals surface area contributed by atoms with Gasteiger partial charge in [-0.2, -0.15) is 5.10 Å². The monoisotopic (exact) mass is 447 g/mol.